The monoisotopic (exact) mass is 318 g/mol. The van der Waals surface area contributed by atoms with Gasteiger partial charge in [0.05, 0.1) is 4.92 Å². The third kappa shape index (κ3) is 3.38. The number of nitrogens with zero attached hydrogens (tertiary/aromatic N) is 2. The SMILES string of the molecule is COC1(C(F)(F)F)CCN(Cc2cccc([N+](=O)[O-])c2)CC1. The van der Waals surface area contributed by atoms with Crippen molar-refractivity contribution in [2.45, 2.75) is 31.2 Å². The second-order valence-corrected chi connectivity index (χ2v) is 5.40. The third-order valence-electron chi connectivity index (χ3n) is 4.10. The highest BCUT2D eigenvalue weighted by atomic mass is 19.4. The predicted molar refractivity (Wildman–Crippen MR) is 73.4 cm³/mol. The second kappa shape index (κ2) is 6.21. The van der Waals surface area contributed by atoms with Crippen LogP contribution in [0.4, 0.5) is 18.9 Å². The predicted octanol–water partition coefficient (Wildman–Crippen LogP) is 3.14. The van der Waals surface area contributed by atoms with Crippen molar-refractivity contribution in [2.24, 2.45) is 0 Å². The van der Waals surface area contributed by atoms with Gasteiger partial charge in [-0.05, 0) is 18.4 Å². The molecule has 5 nitrogen and oxygen atoms in total. The highest BCUT2D eigenvalue weighted by Crippen LogP contribution is 2.41. The lowest BCUT2D eigenvalue weighted by molar-refractivity contribution is -0.384. The van der Waals surface area contributed by atoms with Gasteiger partial charge in [0.25, 0.3) is 5.69 Å². The van der Waals surface area contributed by atoms with Crippen LogP contribution in [0.15, 0.2) is 24.3 Å². The van der Waals surface area contributed by atoms with Gasteiger partial charge in [0, 0.05) is 38.9 Å². The summed E-state index contributed by atoms with van der Waals surface area (Å²) in [6.45, 7) is 0.853. The van der Waals surface area contributed by atoms with Crippen molar-refractivity contribution < 1.29 is 22.8 Å². The number of nitro benzene ring substituents is 1. The van der Waals surface area contributed by atoms with Crippen LogP contribution in [0, 0.1) is 10.1 Å². The highest BCUT2D eigenvalue weighted by molar-refractivity contribution is 5.34. The minimum Gasteiger partial charge on any atom is -0.369 e. The molecule has 0 saturated carbocycles. The number of hydrogen-bond acceptors (Lipinski definition) is 4. The fourth-order valence-corrected chi connectivity index (χ4v) is 2.70. The molecule has 1 heterocycles. The van der Waals surface area contributed by atoms with E-state index in [2.05, 4.69) is 0 Å². The molecule has 22 heavy (non-hydrogen) atoms. The molecule has 1 fully saturated rings. The molecule has 8 heteroatoms. The highest BCUT2D eigenvalue weighted by Gasteiger charge is 2.56. The summed E-state index contributed by atoms with van der Waals surface area (Å²) in [6.07, 6.45) is -4.66. The molecule has 1 aliphatic heterocycles. The van der Waals surface area contributed by atoms with E-state index in [1.807, 2.05) is 4.90 Å². The van der Waals surface area contributed by atoms with E-state index in [4.69, 9.17) is 4.74 Å². The maximum absolute atomic E-state index is 13.1. The first-order valence-electron chi connectivity index (χ1n) is 6.85. The molecule has 0 spiro atoms. The molecule has 1 aromatic carbocycles. The fraction of sp³-hybridized carbons (Fsp3) is 0.571. The smallest absolute Gasteiger partial charge is 0.369 e. The second-order valence-electron chi connectivity index (χ2n) is 5.40. The van der Waals surface area contributed by atoms with Crippen LogP contribution >= 0.6 is 0 Å². The first kappa shape index (κ1) is 16.7. The molecule has 0 aliphatic carbocycles. The van der Waals surface area contributed by atoms with Crippen LogP contribution in [0.1, 0.15) is 18.4 Å². The van der Waals surface area contributed by atoms with Crippen molar-refractivity contribution in [3.05, 3.63) is 39.9 Å². The molecule has 2 rings (SSSR count). The lowest BCUT2D eigenvalue weighted by Crippen LogP contribution is -2.54. The molecular formula is C14H17F3N2O3. The van der Waals surface area contributed by atoms with Crippen LogP contribution in [0.25, 0.3) is 0 Å². The van der Waals surface area contributed by atoms with E-state index in [0.29, 0.717) is 12.1 Å². The number of halogens is 3. The molecule has 0 N–H and O–H groups in total. The largest absolute Gasteiger partial charge is 0.417 e. The molecular weight excluding hydrogens is 301 g/mol. The zero-order valence-corrected chi connectivity index (χ0v) is 12.1. The Balaban J connectivity index is 2.01. The Labute approximate surface area is 125 Å². The maximum Gasteiger partial charge on any atom is 0.417 e. The number of nitro groups is 1. The van der Waals surface area contributed by atoms with Crippen LogP contribution in [-0.4, -0.2) is 41.8 Å². The molecule has 1 aliphatic rings. The van der Waals surface area contributed by atoms with Crippen LogP contribution in [0.2, 0.25) is 0 Å². The van der Waals surface area contributed by atoms with Crippen molar-refractivity contribution in [1.82, 2.24) is 4.90 Å². The van der Waals surface area contributed by atoms with Crippen molar-refractivity contribution in [1.29, 1.82) is 0 Å². The number of methoxy groups -OCH3 is 1. The average molecular weight is 318 g/mol. The Bertz CT molecular complexity index is 540. The summed E-state index contributed by atoms with van der Waals surface area (Å²) < 4.78 is 44.0. The number of non-ortho nitro benzene ring substituents is 1. The Kier molecular flexibility index (Phi) is 4.72. The number of benzene rings is 1. The van der Waals surface area contributed by atoms with E-state index >= 15 is 0 Å². The van der Waals surface area contributed by atoms with Crippen molar-refractivity contribution in [2.75, 3.05) is 20.2 Å². The molecule has 0 bridgehead atoms. The quantitative estimate of drug-likeness (QED) is 0.632. The van der Waals surface area contributed by atoms with E-state index in [0.717, 1.165) is 7.11 Å². The van der Waals surface area contributed by atoms with Crippen LogP contribution in [-0.2, 0) is 11.3 Å². The number of likely N-dealkylation sites (tertiary alicyclic amines) is 1. The zero-order valence-electron chi connectivity index (χ0n) is 12.1. The standard InChI is InChI=1S/C14H17F3N2O3/c1-22-13(14(15,16)17)5-7-18(8-6-13)10-11-3-2-4-12(9-11)19(20)21/h2-4,9H,5-8,10H2,1H3. The van der Waals surface area contributed by atoms with Crippen molar-refractivity contribution in [3.63, 3.8) is 0 Å². The zero-order chi connectivity index (χ0) is 16.4. The van der Waals surface area contributed by atoms with Gasteiger partial charge in [0.15, 0.2) is 5.60 Å². The van der Waals surface area contributed by atoms with Gasteiger partial charge in [-0.25, -0.2) is 0 Å². The van der Waals surface area contributed by atoms with E-state index < -0.39 is 16.7 Å². The maximum atomic E-state index is 13.1. The van der Waals surface area contributed by atoms with Gasteiger partial charge in [0.2, 0.25) is 0 Å². The normalized spacial score (nSPS) is 19.1. The van der Waals surface area contributed by atoms with Gasteiger partial charge < -0.3 is 4.74 Å². The summed E-state index contributed by atoms with van der Waals surface area (Å²) in [7, 11) is 1.09. The van der Waals surface area contributed by atoms with E-state index in [1.165, 1.54) is 12.1 Å². The molecule has 0 aromatic heterocycles. The third-order valence-corrected chi connectivity index (χ3v) is 4.10. The van der Waals surface area contributed by atoms with Gasteiger partial charge in [-0.2, -0.15) is 13.2 Å². The summed E-state index contributed by atoms with van der Waals surface area (Å²) in [5.74, 6) is 0. The van der Waals surface area contributed by atoms with Gasteiger partial charge >= 0.3 is 6.18 Å². The van der Waals surface area contributed by atoms with Gasteiger partial charge in [-0.15, -0.1) is 0 Å². The van der Waals surface area contributed by atoms with E-state index in [-0.39, 0.29) is 31.6 Å². The van der Waals surface area contributed by atoms with E-state index in [1.54, 1.807) is 12.1 Å². The summed E-state index contributed by atoms with van der Waals surface area (Å²) in [4.78, 5) is 12.1. The van der Waals surface area contributed by atoms with Gasteiger partial charge in [-0.1, -0.05) is 12.1 Å². The molecule has 0 amide bonds. The van der Waals surface area contributed by atoms with Crippen LogP contribution in [0.5, 0.6) is 0 Å². The lowest BCUT2D eigenvalue weighted by Gasteiger charge is -2.41. The van der Waals surface area contributed by atoms with Gasteiger partial charge in [0.1, 0.15) is 0 Å². The number of hydrogen-bond donors (Lipinski definition) is 0. The molecule has 1 saturated heterocycles. The number of alkyl halides is 3. The average Bonchev–Trinajstić information content (AvgIpc) is 2.47. The van der Waals surface area contributed by atoms with Crippen molar-refractivity contribution in [3.8, 4) is 0 Å². The molecule has 0 atom stereocenters. The summed E-state index contributed by atoms with van der Waals surface area (Å²) in [6, 6.07) is 6.14. The first-order valence-corrected chi connectivity index (χ1v) is 6.85. The number of piperidine rings is 1. The van der Waals surface area contributed by atoms with Gasteiger partial charge in [-0.3, -0.25) is 15.0 Å². The Morgan fingerprint density at radius 2 is 2.00 bits per heavy atom. The van der Waals surface area contributed by atoms with Crippen LogP contribution < -0.4 is 0 Å². The minimum atomic E-state index is -4.39. The topological polar surface area (TPSA) is 55.6 Å². The fourth-order valence-electron chi connectivity index (χ4n) is 2.70. The molecule has 1 aromatic rings. The number of ether oxygens (including phenoxy) is 1. The summed E-state index contributed by atoms with van der Waals surface area (Å²) in [5, 5.41) is 10.7. The van der Waals surface area contributed by atoms with Crippen molar-refractivity contribution >= 4 is 5.69 Å². The molecule has 122 valence electrons. The Hall–Kier alpha value is -1.67. The molecule has 0 unspecified atom stereocenters. The Morgan fingerprint density at radius 3 is 2.50 bits per heavy atom. The summed E-state index contributed by atoms with van der Waals surface area (Å²) in [5.41, 5.74) is -1.38. The van der Waals surface area contributed by atoms with Crippen LogP contribution in [0.3, 0.4) is 0 Å². The number of rotatable bonds is 4. The Morgan fingerprint density at radius 1 is 1.36 bits per heavy atom. The lowest BCUT2D eigenvalue weighted by atomic mass is 9.90. The first-order chi connectivity index (χ1) is 10.3. The molecule has 0 radical (unpaired) electrons. The van der Waals surface area contributed by atoms with E-state index in [9.17, 15) is 23.3 Å². The minimum absolute atomic E-state index is 0.0176. The summed E-state index contributed by atoms with van der Waals surface area (Å²) >= 11 is 0.